The largest absolute Gasteiger partial charge is 0.327 e. The highest BCUT2D eigenvalue weighted by Gasteiger charge is 2.23. The van der Waals surface area contributed by atoms with Crippen molar-refractivity contribution in [2.24, 2.45) is 7.05 Å². The first kappa shape index (κ1) is 20.9. The lowest BCUT2D eigenvalue weighted by Crippen LogP contribution is -2.04. The van der Waals surface area contributed by atoms with E-state index in [1.54, 1.807) is 0 Å². The molecule has 34 heavy (non-hydrogen) atoms. The molecule has 0 aliphatic heterocycles. The molecule has 0 aliphatic carbocycles. The van der Waals surface area contributed by atoms with E-state index in [1.807, 2.05) is 6.20 Å². The van der Waals surface area contributed by atoms with E-state index in [0.717, 1.165) is 27.8 Å². The van der Waals surface area contributed by atoms with E-state index in [4.69, 9.17) is 9.97 Å². The molecule has 2 heterocycles. The van der Waals surface area contributed by atoms with Crippen molar-refractivity contribution in [1.29, 1.82) is 0 Å². The molecule has 168 valence electrons. The van der Waals surface area contributed by atoms with E-state index in [2.05, 4.69) is 106 Å². The quantitative estimate of drug-likeness (QED) is 0.257. The lowest BCUT2D eigenvalue weighted by Gasteiger charge is -2.19. The zero-order chi connectivity index (χ0) is 23.6. The third-order valence-electron chi connectivity index (χ3n) is 7.17. The van der Waals surface area contributed by atoms with Crippen LogP contribution < -0.4 is 0 Å². The fourth-order valence-electron chi connectivity index (χ4n) is 5.55. The maximum absolute atomic E-state index is 5.36. The number of hydrogen-bond donors (Lipinski definition) is 0. The van der Waals surface area contributed by atoms with Crippen LogP contribution in [0.15, 0.2) is 72.9 Å². The number of hydrogen-bond acceptors (Lipinski definition) is 2. The molecule has 6 rings (SSSR count). The van der Waals surface area contributed by atoms with Crippen molar-refractivity contribution < 1.29 is 0 Å². The second kappa shape index (κ2) is 7.66. The lowest BCUT2D eigenvalue weighted by atomic mass is 9.88. The predicted octanol–water partition coefficient (Wildman–Crippen LogP) is 8.34. The van der Waals surface area contributed by atoms with Crippen molar-refractivity contribution in [3.05, 3.63) is 84.1 Å². The second-order valence-electron chi connectivity index (χ2n) is 9.92. The van der Waals surface area contributed by atoms with Crippen LogP contribution in [0.25, 0.3) is 54.9 Å². The Morgan fingerprint density at radius 1 is 0.676 bits per heavy atom. The topological polar surface area (TPSA) is 30.7 Å². The fourth-order valence-corrected chi connectivity index (χ4v) is 5.55. The number of fused-ring (bicyclic) bond motifs is 8. The first-order valence-electron chi connectivity index (χ1n) is 12.1. The molecular formula is C31H29N3. The minimum Gasteiger partial charge on any atom is -0.327 e. The average molecular weight is 444 g/mol. The molecule has 3 heteroatoms. The highest BCUT2D eigenvalue weighted by molar-refractivity contribution is 6.29. The third-order valence-corrected chi connectivity index (χ3v) is 7.17. The highest BCUT2D eigenvalue weighted by Crippen LogP contribution is 2.42. The Bertz CT molecular complexity index is 1690. The van der Waals surface area contributed by atoms with Crippen molar-refractivity contribution in [2.75, 3.05) is 0 Å². The molecule has 0 radical (unpaired) electrons. The number of rotatable bonds is 3. The van der Waals surface area contributed by atoms with Gasteiger partial charge in [0.25, 0.3) is 0 Å². The van der Waals surface area contributed by atoms with Crippen LogP contribution in [0, 0.1) is 0 Å². The van der Waals surface area contributed by atoms with Gasteiger partial charge in [0.15, 0.2) is 0 Å². The normalized spacial score (nSPS) is 12.2. The molecule has 4 aromatic carbocycles. The maximum atomic E-state index is 5.36. The van der Waals surface area contributed by atoms with E-state index in [9.17, 15) is 0 Å². The van der Waals surface area contributed by atoms with Crippen LogP contribution in [0.5, 0.6) is 0 Å². The molecule has 0 atom stereocenters. The van der Waals surface area contributed by atoms with Gasteiger partial charge < -0.3 is 4.57 Å². The predicted molar refractivity (Wildman–Crippen MR) is 145 cm³/mol. The number of imidazole rings is 1. The van der Waals surface area contributed by atoms with Gasteiger partial charge in [-0.2, -0.15) is 0 Å². The minimum absolute atomic E-state index is 0.410. The second-order valence-corrected chi connectivity index (χ2v) is 9.92. The van der Waals surface area contributed by atoms with E-state index in [1.165, 1.54) is 38.2 Å². The average Bonchev–Trinajstić information content (AvgIpc) is 3.20. The zero-order valence-electron chi connectivity index (χ0n) is 20.4. The van der Waals surface area contributed by atoms with E-state index in [0.29, 0.717) is 11.8 Å². The maximum Gasteiger partial charge on any atom is 0.141 e. The minimum atomic E-state index is 0.410. The first-order valence-corrected chi connectivity index (χ1v) is 12.1. The molecule has 0 N–H and O–H groups in total. The van der Waals surface area contributed by atoms with Crippen LogP contribution in [0.1, 0.15) is 50.7 Å². The number of aryl methyl sites for hydroxylation is 1. The Hall–Kier alpha value is -3.72. The summed E-state index contributed by atoms with van der Waals surface area (Å²) in [6.07, 6.45) is 2.04. The monoisotopic (exact) mass is 443 g/mol. The smallest absolute Gasteiger partial charge is 0.141 e. The molecule has 6 aromatic rings. The van der Waals surface area contributed by atoms with Gasteiger partial charge in [0.2, 0.25) is 0 Å². The zero-order valence-corrected chi connectivity index (χ0v) is 20.4. The Morgan fingerprint density at radius 2 is 1.29 bits per heavy atom. The first-order chi connectivity index (χ1) is 16.5. The van der Waals surface area contributed by atoms with Gasteiger partial charge in [-0.15, -0.1) is 0 Å². The Kier molecular flexibility index (Phi) is 4.70. The summed E-state index contributed by atoms with van der Waals surface area (Å²) in [5.74, 6) is 1.86. The Labute approximate surface area is 200 Å². The molecule has 0 aliphatic rings. The molecule has 0 bridgehead atoms. The summed E-state index contributed by atoms with van der Waals surface area (Å²) in [6, 6.07) is 23.8. The summed E-state index contributed by atoms with van der Waals surface area (Å²) < 4.78 is 2.30. The van der Waals surface area contributed by atoms with Gasteiger partial charge >= 0.3 is 0 Å². The molecule has 0 fully saturated rings. The van der Waals surface area contributed by atoms with Crippen LogP contribution in [0.4, 0.5) is 0 Å². The van der Waals surface area contributed by atoms with E-state index < -0.39 is 0 Å². The summed E-state index contributed by atoms with van der Waals surface area (Å²) in [7, 11) is 2.16. The molecule has 0 saturated carbocycles. The van der Waals surface area contributed by atoms with Crippen LogP contribution in [-0.2, 0) is 7.05 Å². The summed E-state index contributed by atoms with van der Waals surface area (Å²) in [5, 5.41) is 6.02. The van der Waals surface area contributed by atoms with Crippen LogP contribution in [0.2, 0.25) is 0 Å². The molecule has 0 saturated heterocycles. The summed E-state index contributed by atoms with van der Waals surface area (Å²) >= 11 is 0. The lowest BCUT2D eigenvalue weighted by molar-refractivity contribution is 0.828. The standard InChI is InChI=1S/C31H29N3/c1-18(2)20-14-10-15-21(19(3)4)28(20)31-33-29-23-12-7-6-11-22(23)27-24-13-8-9-16-26(24)32-17-25(27)30(29)34(31)5/h6-19H,1-5H3. The van der Waals surface area contributed by atoms with Crippen molar-refractivity contribution in [1.82, 2.24) is 14.5 Å². The van der Waals surface area contributed by atoms with E-state index >= 15 is 0 Å². The third kappa shape index (κ3) is 2.89. The van der Waals surface area contributed by atoms with Crippen LogP contribution in [-0.4, -0.2) is 14.5 Å². The van der Waals surface area contributed by atoms with Gasteiger partial charge in [-0.25, -0.2) is 4.98 Å². The SMILES string of the molecule is CC(C)c1cccc(C(C)C)c1-c1nc2c3ccccc3c3c4ccccc4ncc3c2n1C. The number of pyridine rings is 1. The summed E-state index contributed by atoms with van der Waals surface area (Å²) in [6.45, 7) is 9.08. The molecule has 0 unspecified atom stereocenters. The fraction of sp³-hybridized carbons (Fsp3) is 0.226. The number of benzene rings is 4. The van der Waals surface area contributed by atoms with Crippen LogP contribution in [0.3, 0.4) is 0 Å². The number of aromatic nitrogens is 3. The molecule has 0 spiro atoms. The Balaban J connectivity index is 1.84. The number of para-hydroxylation sites is 1. The molecule has 0 amide bonds. The van der Waals surface area contributed by atoms with Gasteiger partial charge in [0.05, 0.1) is 16.6 Å². The number of nitrogens with zero attached hydrogens (tertiary/aromatic N) is 3. The summed E-state index contributed by atoms with van der Waals surface area (Å²) in [5.41, 5.74) is 7.19. The summed E-state index contributed by atoms with van der Waals surface area (Å²) in [4.78, 5) is 10.2. The van der Waals surface area contributed by atoms with Gasteiger partial charge in [0, 0.05) is 40.4 Å². The van der Waals surface area contributed by atoms with Crippen molar-refractivity contribution >= 4 is 43.5 Å². The van der Waals surface area contributed by atoms with Gasteiger partial charge in [-0.1, -0.05) is 88.4 Å². The van der Waals surface area contributed by atoms with Crippen molar-refractivity contribution in [3.8, 4) is 11.4 Å². The molecule has 2 aromatic heterocycles. The molecular weight excluding hydrogens is 414 g/mol. The Morgan fingerprint density at radius 3 is 1.97 bits per heavy atom. The van der Waals surface area contributed by atoms with Gasteiger partial charge in [-0.3, -0.25) is 4.98 Å². The van der Waals surface area contributed by atoms with Crippen LogP contribution >= 0.6 is 0 Å². The molecule has 3 nitrogen and oxygen atoms in total. The van der Waals surface area contributed by atoms with Gasteiger partial charge in [-0.05, 0) is 34.4 Å². The van der Waals surface area contributed by atoms with Crippen molar-refractivity contribution in [2.45, 2.75) is 39.5 Å². The highest BCUT2D eigenvalue weighted by atomic mass is 15.1. The van der Waals surface area contributed by atoms with E-state index in [-0.39, 0.29) is 0 Å². The van der Waals surface area contributed by atoms with Gasteiger partial charge in [0.1, 0.15) is 5.82 Å². The van der Waals surface area contributed by atoms with Crippen molar-refractivity contribution in [3.63, 3.8) is 0 Å².